The lowest BCUT2D eigenvalue weighted by atomic mass is 10.2. The molecule has 1 fully saturated rings. The Bertz CT molecular complexity index is 853. The molecule has 1 aromatic heterocycles. The first-order chi connectivity index (χ1) is 13.9. The highest BCUT2D eigenvalue weighted by atomic mass is 32.1. The second-order valence-corrected chi connectivity index (χ2v) is 7.17. The van der Waals surface area contributed by atoms with Crippen LogP contribution < -0.4 is 10.2 Å². The minimum Gasteiger partial charge on any atom is -0.357 e. The van der Waals surface area contributed by atoms with Gasteiger partial charge in [0.15, 0.2) is 29.2 Å². The van der Waals surface area contributed by atoms with Crippen LogP contribution in [0.15, 0.2) is 11.1 Å². The molecular weight excluding hydrogens is 408 g/mol. The number of aryl methyl sites for hydroxylation is 1. The van der Waals surface area contributed by atoms with Crippen LogP contribution in [0.25, 0.3) is 0 Å². The van der Waals surface area contributed by atoms with E-state index in [2.05, 4.69) is 24.6 Å². The molecular formula is C18H22F4N6S. The quantitative estimate of drug-likeness (QED) is 0.342. The van der Waals surface area contributed by atoms with Gasteiger partial charge in [-0.1, -0.05) is 6.92 Å². The summed E-state index contributed by atoms with van der Waals surface area (Å²) in [6, 6.07) is 0.194. The maximum Gasteiger partial charge on any atom is 0.205 e. The fourth-order valence-electron chi connectivity index (χ4n) is 2.97. The largest absolute Gasteiger partial charge is 0.357 e. The van der Waals surface area contributed by atoms with Crippen molar-refractivity contribution in [3.63, 3.8) is 0 Å². The summed E-state index contributed by atoms with van der Waals surface area (Å²) in [4.78, 5) is 12.7. The number of piperazine rings is 1. The number of halogens is 4. The van der Waals surface area contributed by atoms with Gasteiger partial charge in [-0.15, -0.1) is 0 Å². The summed E-state index contributed by atoms with van der Waals surface area (Å²) in [5, 5.41) is 3.92. The molecule has 29 heavy (non-hydrogen) atoms. The molecule has 1 N–H and O–H groups in total. The van der Waals surface area contributed by atoms with Gasteiger partial charge in [0.05, 0.1) is 12.1 Å². The second kappa shape index (κ2) is 9.38. The Morgan fingerprint density at radius 3 is 2.31 bits per heavy atom. The fraction of sp³-hybridized carbons (Fsp3) is 0.500. The zero-order valence-corrected chi connectivity index (χ0v) is 17.0. The number of benzene rings is 1. The summed E-state index contributed by atoms with van der Waals surface area (Å²) < 4.78 is 58.9. The number of aromatic nitrogens is 2. The van der Waals surface area contributed by atoms with Gasteiger partial charge >= 0.3 is 0 Å². The average Bonchev–Trinajstić information content (AvgIpc) is 3.21. The van der Waals surface area contributed by atoms with Crippen LogP contribution in [0, 0.1) is 23.3 Å². The topological polar surface area (TPSA) is 56.7 Å². The van der Waals surface area contributed by atoms with Crippen molar-refractivity contribution in [3.05, 3.63) is 40.7 Å². The molecule has 1 aliphatic rings. The van der Waals surface area contributed by atoms with Gasteiger partial charge in [-0.3, -0.25) is 0 Å². The van der Waals surface area contributed by atoms with Crippen LogP contribution in [0.4, 0.5) is 22.7 Å². The normalized spacial score (nSPS) is 15.2. The van der Waals surface area contributed by atoms with Crippen LogP contribution in [-0.2, 0) is 13.0 Å². The van der Waals surface area contributed by atoms with Crippen molar-refractivity contribution in [1.82, 2.24) is 19.6 Å². The molecule has 3 rings (SSSR count). The maximum atomic E-state index is 13.9. The van der Waals surface area contributed by atoms with Crippen LogP contribution >= 0.6 is 11.5 Å². The van der Waals surface area contributed by atoms with Crippen molar-refractivity contribution in [2.45, 2.75) is 26.8 Å². The minimum absolute atomic E-state index is 0.194. The van der Waals surface area contributed by atoms with Crippen molar-refractivity contribution in [1.29, 1.82) is 0 Å². The van der Waals surface area contributed by atoms with Gasteiger partial charge in [0.2, 0.25) is 5.13 Å². The number of hydrogen-bond acceptors (Lipinski definition) is 5. The van der Waals surface area contributed by atoms with E-state index in [9.17, 15) is 17.6 Å². The SMILES string of the molecule is CCNC(=NCc1c(F)c(F)cc(F)c1F)N1CCN(c2nc(CC)ns2)CC1. The molecule has 0 bridgehead atoms. The summed E-state index contributed by atoms with van der Waals surface area (Å²) >= 11 is 1.36. The van der Waals surface area contributed by atoms with Crippen molar-refractivity contribution in [2.24, 2.45) is 4.99 Å². The number of aliphatic imine (C=N–C) groups is 1. The molecule has 0 radical (unpaired) electrons. The maximum absolute atomic E-state index is 13.9. The van der Waals surface area contributed by atoms with Crippen LogP contribution in [0.2, 0.25) is 0 Å². The Kier molecular flexibility index (Phi) is 6.88. The molecule has 1 aromatic carbocycles. The van der Waals surface area contributed by atoms with Gasteiger partial charge in [0.1, 0.15) is 5.82 Å². The molecule has 158 valence electrons. The van der Waals surface area contributed by atoms with E-state index in [0.29, 0.717) is 38.7 Å². The Balaban J connectivity index is 1.71. The van der Waals surface area contributed by atoms with Crippen molar-refractivity contribution < 1.29 is 17.6 Å². The standard InChI is InChI=1S/C18H22F4N6S/c1-3-14-25-18(29-26-14)28-7-5-27(6-8-28)17(23-4-2)24-10-11-15(21)12(19)9-13(20)16(11)22/h9H,3-8,10H2,1-2H3,(H,23,24). The van der Waals surface area contributed by atoms with Crippen LogP contribution in [0.3, 0.4) is 0 Å². The second-order valence-electron chi connectivity index (χ2n) is 6.44. The smallest absolute Gasteiger partial charge is 0.205 e. The summed E-state index contributed by atoms with van der Waals surface area (Å²) in [5.41, 5.74) is -0.725. The molecule has 0 atom stereocenters. The molecule has 11 heteroatoms. The van der Waals surface area contributed by atoms with Crippen LogP contribution in [-0.4, -0.2) is 52.9 Å². The lowest BCUT2D eigenvalue weighted by Gasteiger charge is -2.36. The van der Waals surface area contributed by atoms with Crippen LogP contribution in [0.5, 0.6) is 0 Å². The Labute approximate surface area is 170 Å². The van der Waals surface area contributed by atoms with E-state index in [-0.39, 0.29) is 6.07 Å². The van der Waals surface area contributed by atoms with Gasteiger partial charge in [0, 0.05) is 56.7 Å². The number of nitrogens with zero attached hydrogens (tertiary/aromatic N) is 5. The van der Waals surface area contributed by atoms with E-state index in [4.69, 9.17) is 0 Å². The zero-order valence-electron chi connectivity index (χ0n) is 16.2. The molecule has 2 heterocycles. The van der Waals surface area contributed by atoms with E-state index < -0.39 is 35.4 Å². The molecule has 0 aliphatic carbocycles. The molecule has 1 aliphatic heterocycles. The zero-order chi connectivity index (χ0) is 21.0. The molecule has 0 unspecified atom stereocenters. The number of rotatable bonds is 5. The highest BCUT2D eigenvalue weighted by Crippen LogP contribution is 2.21. The van der Waals surface area contributed by atoms with Gasteiger partial charge in [-0.05, 0) is 6.92 Å². The van der Waals surface area contributed by atoms with E-state index in [1.807, 2.05) is 18.7 Å². The van der Waals surface area contributed by atoms with E-state index in [1.54, 1.807) is 0 Å². The minimum atomic E-state index is -1.43. The van der Waals surface area contributed by atoms with Gasteiger partial charge in [-0.25, -0.2) is 27.5 Å². The molecule has 2 aromatic rings. The lowest BCUT2D eigenvalue weighted by molar-refractivity contribution is 0.371. The van der Waals surface area contributed by atoms with E-state index >= 15 is 0 Å². The molecule has 1 saturated heterocycles. The summed E-state index contributed by atoms with van der Waals surface area (Å²) in [6.07, 6.45) is 0.779. The summed E-state index contributed by atoms with van der Waals surface area (Å²) in [6.45, 7) is 6.47. The molecule has 0 spiro atoms. The third-order valence-corrected chi connectivity index (χ3v) is 5.36. The Morgan fingerprint density at radius 2 is 1.76 bits per heavy atom. The first kappa shape index (κ1) is 21.3. The molecule has 6 nitrogen and oxygen atoms in total. The predicted octanol–water partition coefficient (Wildman–Crippen LogP) is 2.94. The number of anilines is 1. The van der Waals surface area contributed by atoms with Crippen molar-refractivity contribution in [2.75, 3.05) is 37.6 Å². The summed E-state index contributed by atoms with van der Waals surface area (Å²) in [7, 11) is 0. The first-order valence-electron chi connectivity index (χ1n) is 9.37. The van der Waals surface area contributed by atoms with Crippen LogP contribution in [0.1, 0.15) is 25.2 Å². The fourth-order valence-corrected chi connectivity index (χ4v) is 3.77. The predicted molar refractivity (Wildman–Crippen MR) is 104 cm³/mol. The summed E-state index contributed by atoms with van der Waals surface area (Å²) in [5.74, 6) is -4.46. The molecule has 0 amide bonds. The Hall–Kier alpha value is -2.43. The number of guanidine groups is 1. The average molecular weight is 430 g/mol. The van der Waals surface area contributed by atoms with Crippen molar-refractivity contribution in [3.8, 4) is 0 Å². The van der Waals surface area contributed by atoms with Gasteiger partial charge < -0.3 is 15.1 Å². The highest BCUT2D eigenvalue weighted by molar-refractivity contribution is 7.09. The van der Waals surface area contributed by atoms with Crippen molar-refractivity contribution >= 4 is 22.6 Å². The number of hydrogen-bond donors (Lipinski definition) is 1. The third-order valence-electron chi connectivity index (χ3n) is 4.55. The lowest BCUT2D eigenvalue weighted by Crippen LogP contribution is -2.52. The van der Waals surface area contributed by atoms with E-state index in [1.165, 1.54) is 11.5 Å². The first-order valence-corrected chi connectivity index (χ1v) is 10.1. The monoisotopic (exact) mass is 430 g/mol. The van der Waals surface area contributed by atoms with Gasteiger partial charge in [0.25, 0.3) is 0 Å². The number of nitrogens with one attached hydrogen (secondary N) is 1. The Morgan fingerprint density at radius 1 is 1.10 bits per heavy atom. The molecule has 0 saturated carbocycles. The van der Waals surface area contributed by atoms with Gasteiger partial charge in [-0.2, -0.15) is 4.37 Å². The highest BCUT2D eigenvalue weighted by Gasteiger charge is 2.23. The third kappa shape index (κ3) is 4.77. The van der Waals surface area contributed by atoms with E-state index in [0.717, 1.165) is 17.4 Å².